The Bertz CT molecular complexity index is 458. The fraction of sp³-hybridized carbons (Fsp3) is 0.765. The second-order valence-electron chi connectivity index (χ2n) is 6.11. The summed E-state index contributed by atoms with van der Waals surface area (Å²) in [7, 11) is 0. The Hall–Kier alpha value is -1.32. The number of hydrogen-bond acceptors (Lipinski definition) is 4. The van der Waals surface area contributed by atoms with Crippen molar-refractivity contribution in [3.05, 3.63) is 11.4 Å². The van der Waals surface area contributed by atoms with Gasteiger partial charge in [-0.3, -0.25) is 0 Å². The highest BCUT2D eigenvalue weighted by molar-refractivity contribution is 5.59. The van der Waals surface area contributed by atoms with Crippen LogP contribution < -0.4 is 10.2 Å². The summed E-state index contributed by atoms with van der Waals surface area (Å²) in [6.45, 7) is 10.9. The third-order valence-corrected chi connectivity index (χ3v) is 4.35. The van der Waals surface area contributed by atoms with Crippen molar-refractivity contribution in [2.24, 2.45) is 0 Å². The summed E-state index contributed by atoms with van der Waals surface area (Å²) in [5.41, 5.74) is 1.20. The molecule has 1 aromatic rings. The van der Waals surface area contributed by atoms with Crippen LogP contribution in [0.2, 0.25) is 0 Å². The lowest BCUT2D eigenvalue weighted by Gasteiger charge is -2.30. The number of hydrogen-bond donors (Lipinski definition) is 1. The second-order valence-corrected chi connectivity index (χ2v) is 6.11. The van der Waals surface area contributed by atoms with Crippen molar-refractivity contribution in [1.82, 2.24) is 9.97 Å². The quantitative estimate of drug-likeness (QED) is 0.892. The minimum atomic E-state index is 0.574. The molecular formula is C17H30N4. The molecule has 1 saturated heterocycles. The molecular weight excluding hydrogens is 260 g/mol. The standard InChI is InChI=1S/C17H30N4/c1-5-11-18-16-14(4)17(20-15(6-2)19-16)21-12-9-7-8-10-13(21)3/h13H,5-12H2,1-4H3,(H,18,19,20). The van der Waals surface area contributed by atoms with Crippen molar-refractivity contribution in [2.45, 2.75) is 72.3 Å². The Morgan fingerprint density at radius 1 is 1.19 bits per heavy atom. The highest BCUT2D eigenvalue weighted by atomic mass is 15.2. The zero-order chi connectivity index (χ0) is 15.2. The van der Waals surface area contributed by atoms with Gasteiger partial charge in [-0.1, -0.05) is 26.7 Å². The first-order valence-corrected chi connectivity index (χ1v) is 8.55. The van der Waals surface area contributed by atoms with E-state index in [1.807, 2.05) is 0 Å². The molecule has 2 heterocycles. The van der Waals surface area contributed by atoms with Gasteiger partial charge >= 0.3 is 0 Å². The largest absolute Gasteiger partial charge is 0.370 e. The van der Waals surface area contributed by atoms with Crippen LogP contribution in [-0.4, -0.2) is 29.1 Å². The molecule has 0 saturated carbocycles. The molecule has 4 heteroatoms. The van der Waals surface area contributed by atoms with E-state index in [9.17, 15) is 0 Å². The fourth-order valence-corrected chi connectivity index (χ4v) is 2.99. The summed E-state index contributed by atoms with van der Waals surface area (Å²) in [4.78, 5) is 12.0. The minimum Gasteiger partial charge on any atom is -0.370 e. The van der Waals surface area contributed by atoms with Gasteiger partial charge in [-0.2, -0.15) is 0 Å². The average Bonchev–Trinajstić information content (AvgIpc) is 2.71. The van der Waals surface area contributed by atoms with Crippen LogP contribution in [0.15, 0.2) is 0 Å². The summed E-state index contributed by atoms with van der Waals surface area (Å²) in [5.74, 6) is 3.12. The Balaban J connectivity index is 2.35. The Labute approximate surface area is 129 Å². The molecule has 0 amide bonds. The van der Waals surface area contributed by atoms with E-state index in [-0.39, 0.29) is 0 Å². The van der Waals surface area contributed by atoms with E-state index in [1.54, 1.807) is 0 Å². The molecule has 2 rings (SSSR count). The van der Waals surface area contributed by atoms with Crippen LogP contribution >= 0.6 is 0 Å². The van der Waals surface area contributed by atoms with Crippen molar-refractivity contribution >= 4 is 11.6 Å². The number of aromatic nitrogens is 2. The van der Waals surface area contributed by atoms with Crippen LogP contribution in [0.4, 0.5) is 11.6 Å². The van der Waals surface area contributed by atoms with Gasteiger partial charge in [0.25, 0.3) is 0 Å². The van der Waals surface area contributed by atoms with Crippen LogP contribution in [0.1, 0.15) is 64.3 Å². The second kappa shape index (κ2) is 7.62. The number of nitrogens with one attached hydrogen (secondary N) is 1. The summed E-state index contributed by atoms with van der Waals surface area (Å²) in [6, 6.07) is 0.574. The van der Waals surface area contributed by atoms with Crippen LogP contribution in [-0.2, 0) is 6.42 Å². The lowest BCUT2D eigenvalue weighted by Crippen LogP contribution is -2.34. The first kappa shape index (κ1) is 16.1. The molecule has 0 aromatic carbocycles. The van der Waals surface area contributed by atoms with Crippen molar-refractivity contribution in [3.63, 3.8) is 0 Å². The first-order valence-electron chi connectivity index (χ1n) is 8.55. The van der Waals surface area contributed by atoms with E-state index >= 15 is 0 Å². The molecule has 1 fully saturated rings. The lowest BCUT2D eigenvalue weighted by molar-refractivity contribution is 0.608. The van der Waals surface area contributed by atoms with E-state index in [4.69, 9.17) is 4.98 Å². The number of aryl methyl sites for hydroxylation is 1. The van der Waals surface area contributed by atoms with E-state index in [0.717, 1.165) is 43.4 Å². The third-order valence-electron chi connectivity index (χ3n) is 4.35. The minimum absolute atomic E-state index is 0.574. The van der Waals surface area contributed by atoms with Crippen molar-refractivity contribution in [1.29, 1.82) is 0 Å². The predicted octanol–water partition coefficient (Wildman–Crippen LogP) is 3.94. The monoisotopic (exact) mass is 290 g/mol. The molecule has 118 valence electrons. The van der Waals surface area contributed by atoms with Gasteiger partial charge in [-0.25, -0.2) is 9.97 Å². The lowest BCUT2D eigenvalue weighted by atomic mass is 10.1. The molecule has 1 aliphatic rings. The van der Waals surface area contributed by atoms with E-state index in [2.05, 4.69) is 42.9 Å². The van der Waals surface area contributed by atoms with Gasteiger partial charge in [0.2, 0.25) is 0 Å². The van der Waals surface area contributed by atoms with Gasteiger partial charge in [-0.05, 0) is 33.1 Å². The first-order chi connectivity index (χ1) is 10.2. The van der Waals surface area contributed by atoms with Crippen molar-refractivity contribution in [2.75, 3.05) is 23.3 Å². The molecule has 0 spiro atoms. The van der Waals surface area contributed by atoms with Gasteiger partial charge in [0.1, 0.15) is 17.5 Å². The van der Waals surface area contributed by atoms with E-state index < -0.39 is 0 Å². The topological polar surface area (TPSA) is 41.1 Å². The number of nitrogens with zero attached hydrogens (tertiary/aromatic N) is 3. The van der Waals surface area contributed by atoms with Gasteiger partial charge in [-0.15, -0.1) is 0 Å². The molecule has 1 atom stereocenters. The van der Waals surface area contributed by atoms with Crippen molar-refractivity contribution < 1.29 is 0 Å². The maximum absolute atomic E-state index is 4.85. The Morgan fingerprint density at radius 2 is 2.00 bits per heavy atom. The molecule has 0 radical (unpaired) electrons. The average molecular weight is 290 g/mol. The van der Waals surface area contributed by atoms with Gasteiger partial charge in [0.15, 0.2) is 0 Å². The highest BCUT2D eigenvalue weighted by Crippen LogP contribution is 2.28. The number of rotatable bonds is 5. The zero-order valence-electron chi connectivity index (χ0n) is 14.1. The van der Waals surface area contributed by atoms with Crippen LogP contribution in [0.3, 0.4) is 0 Å². The molecule has 0 aliphatic carbocycles. The summed E-state index contributed by atoms with van der Waals surface area (Å²) in [6.07, 6.45) is 7.21. The molecule has 1 aliphatic heterocycles. The zero-order valence-corrected chi connectivity index (χ0v) is 14.1. The molecule has 1 aromatic heterocycles. The van der Waals surface area contributed by atoms with Gasteiger partial charge < -0.3 is 10.2 Å². The van der Waals surface area contributed by atoms with Crippen molar-refractivity contribution in [3.8, 4) is 0 Å². The third kappa shape index (κ3) is 3.86. The number of anilines is 2. The molecule has 1 N–H and O–H groups in total. The maximum atomic E-state index is 4.85. The smallest absolute Gasteiger partial charge is 0.137 e. The highest BCUT2D eigenvalue weighted by Gasteiger charge is 2.22. The molecule has 21 heavy (non-hydrogen) atoms. The van der Waals surface area contributed by atoms with E-state index in [0.29, 0.717) is 6.04 Å². The fourth-order valence-electron chi connectivity index (χ4n) is 2.99. The van der Waals surface area contributed by atoms with Gasteiger partial charge in [0.05, 0.1) is 0 Å². The van der Waals surface area contributed by atoms with Crippen LogP contribution in [0, 0.1) is 6.92 Å². The molecule has 0 bridgehead atoms. The molecule has 4 nitrogen and oxygen atoms in total. The van der Waals surface area contributed by atoms with E-state index in [1.165, 1.54) is 31.2 Å². The summed E-state index contributed by atoms with van der Waals surface area (Å²) >= 11 is 0. The predicted molar refractivity (Wildman–Crippen MR) is 90.2 cm³/mol. The van der Waals surface area contributed by atoms with Crippen LogP contribution in [0.5, 0.6) is 0 Å². The van der Waals surface area contributed by atoms with Crippen LogP contribution in [0.25, 0.3) is 0 Å². The maximum Gasteiger partial charge on any atom is 0.137 e. The Kier molecular flexibility index (Phi) is 5.83. The Morgan fingerprint density at radius 3 is 2.71 bits per heavy atom. The summed E-state index contributed by atoms with van der Waals surface area (Å²) in [5, 5.41) is 3.47. The molecule has 1 unspecified atom stereocenters. The normalized spacial score (nSPS) is 19.4. The SMILES string of the molecule is CCCNc1nc(CC)nc(N2CCCCCC2C)c1C. The summed E-state index contributed by atoms with van der Waals surface area (Å²) < 4.78 is 0. The van der Waals surface area contributed by atoms with Gasteiger partial charge in [0, 0.05) is 31.1 Å².